The number of benzene rings is 2. The number of anilines is 2. The van der Waals surface area contributed by atoms with E-state index in [1.165, 1.54) is 0 Å². The third-order valence-electron chi connectivity index (χ3n) is 4.65. The van der Waals surface area contributed by atoms with E-state index in [0.717, 1.165) is 16.2 Å². The maximum atomic E-state index is 13.1. The lowest BCUT2D eigenvalue weighted by Gasteiger charge is -2.32. The molecule has 1 unspecified atom stereocenters. The summed E-state index contributed by atoms with van der Waals surface area (Å²) in [7, 11) is 1.93. The summed E-state index contributed by atoms with van der Waals surface area (Å²) >= 11 is 12.3. The van der Waals surface area contributed by atoms with Crippen molar-refractivity contribution < 1.29 is 14.5 Å². The molecule has 2 N–H and O–H groups in total. The summed E-state index contributed by atoms with van der Waals surface area (Å²) in [5.74, 6) is -0.303. The standard InChI is InChI=1S/C19H19Cl2N3O2/c1-12(23(2)10-13-6-5-7-14(20)18(13)21)19(26)24-11-17(25)22-15-8-3-4-9-16(15)24/h3-9,12H,10-11H2,1-2H3,(H,22,25)/p+1/t12-/m0/s1. The average Bonchev–Trinajstić information content (AvgIpc) is 2.63. The number of hydrogen-bond acceptors (Lipinski definition) is 2. The van der Waals surface area contributed by atoms with Gasteiger partial charge in [-0.3, -0.25) is 14.5 Å². The van der Waals surface area contributed by atoms with Crippen molar-refractivity contribution in [3.8, 4) is 0 Å². The van der Waals surface area contributed by atoms with Crippen LogP contribution in [0.15, 0.2) is 42.5 Å². The second kappa shape index (κ2) is 7.66. The molecule has 0 fully saturated rings. The van der Waals surface area contributed by atoms with Crippen LogP contribution in [0.4, 0.5) is 11.4 Å². The van der Waals surface area contributed by atoms with Crippen LogP contribution in [0.1, 0.15) is 12.5 Å². The van der Waals surface area contributed by atoms with Crippen molar-refractivity contribution >= 4 is 46.4 Å². The van der Waals surface area contributed by atoms with Gasteiger partial charge in [-0.05, 0) is 25.1 Å². The first kappa shape index (κ1) is 18.7. The van der Waals surface area contributed by atoms with Gasteiger partial charge in [0.15, 0.2) is 6.04 Å². The summed E-state index contributed by atoms with van der Waals surface area (Å²) in [4.78, 5) is 27.5. The fourth-order valence-corrected chi connectivity index (χ4v) is 3.40. The molecule has 2 atom stereocenters. The largest absolute Gasteiger partial charge is 0.324 e. The third-order valence-corrected chi connectivity index (χ3v) is 5.51. The van der Waals surface area contributed by atoms with Crippen LogP contribution in [-0.2, 0) is 16.1 Å². The fraction of sp³-hybridized carbons (Fsp3) is 0.263. The molecule has 1 aliphatic heterocycles. The number of quaternary nitrogens is 1. The van der Waals surface area contributed by atoms with Gasteiger partial charge in [-0.1, -0.05) is 47.5 Å². The van der Waals surface area contributed by atoms with Crippen molar-refractivity contribution in [3.63, 3.8) is 0 Å². The van der Waals surface area contributed by atoms with Gasteiger partial charge in [0, 0.05) is 5.56 Å². The Morgan fingerprint density at radius 3 is 2.73 bits per heavy atom. The van der Waals surface area contributed by atoms with Crippen molar-refractivity contribution in [2.75, 3.05) is 23.8 Å². The zero-order chi connectivity index (χ0) is 18.8. The van der Waals surface area contributed by atoms with Crippen LogP contribution in [-0.4, -0.2) is 31.4 Å². The van der Waals surface area contributed by atoms with Crippen molar-refractivity contribution in [2.24, 2.45) is 0 Å². The topological polar surface area (TPSA) is 53.9 Å². The Morgan fingerprint density at radius 2 is 1.96 bits per heavy atom. The lowest BCUT2D eigenvalue weighted by Crippen LogP contribution is -3.12. The molecular formula is C19H20Cl2N3O2+. The molecule has 0 aromatic heterocycles. The monoisotopic (exact) mass is 392 g/mol. The molecule has 0 bridgehead atoms. The van der Waals surface area contributed by atoms with Crippen molar-refractivity contribution in [1.82, 2.24) is 0 Å². The summed E-state index contributed by atoms with van der Waals surface area (Å²) in [5, 5.41) is 3.80. The zero-order valence-corrected chi connectivity index (χ0v) is 16.1. The molecule has 0 saturated heterocycles. The van der Waals surface area contributed by atoms with Crippen LogP contribution >= 0.6 is 23.2 Å². The van der Waals surface area contributed by atoms with Gasteiger partial charge in [0.25, 0.3) is 5.91 Å². The van der Waals surface area contributed by atoms with E-state index in [9.17, 15) is 9.59 Å². The molecule has 0 aliphatic carbocycles. The Kier molecular flexibility index (Phi) is 5.51. The molecule has 7 heteroatoms. The van der Waals surface area contributed by atoms with Gasteiger partial charge in [0.1, 0.15) is 13.1 Å². The van der Waals surface area contributed by atoms with Crippen molar-refractivity contribution in [3.05, 3.63) is 58.1 Å². The second-order valence-electron chi connectivity index (χ2n) is 6.45. The summed E-state index contributed by atoms with van der Waals surface area (Å²) in [6.45, 7) is 2.42. The molecule has 3 rings (SSSR count). The number of hydrogen-bond donors (Lipinski definition) is 2. The quantitative estimate of drug-likeness (QED) is 0.838. The Hall–Kier alpha value is -2.08. The molecular weight excluding hydrogens is 373 g/mol. The van der Waals surface area contributed by atoms with Gasteiger partial charge >= 0.3 is 0 Å². The molecule has 2 amide bonds. The highest BCUT2D eigenvalue weighted by molar-refractivity contribution is 6.42. The van der Waals surface area contributed by atoms with E-state index in [2.05, 4.69) is 5.32 Å². The average molecular weight is 393 g/mol. The van der Waals surface area contributed by atoms with E-state index in [1.54, 1.807) is 17.0 Å². The number of rotatable bonds is 4. The molecule has 1 heterocycles. The van der Waals surface area contributed by atoms with Crippen LogP contribution < -0.4 is 15.1 Å². The second-order valence-corrected chi connectivity index (χ2v) is 7.23. The third kappa shape index (κ3) is 3.70. The zero-order valence-electron chi connectivity index (χ0n) is 14.6. The number of likely N-dealkylation sites (N-methyl/N-ethyl adjacent to an activating group) is 1. The maximum absolute atomic E-state index is 13.1. The first-order valence-corrected chi connectivity index (χ1v) is 9.09. The van der Waals surface area contributed by atoms with Gasteiger partial charge in [-0.2, -0.15) is 0 Å². The van der Waals surface area contributed by atoms with Crippen molar-refractivity contribution in [1.29, 1.82) is 0 Å². The van der Waals surface area contributed by atoms with E-state index >= 15 is 0 Å². The Labute approximate surface area is 162 Å². The van der Waals surface area contributed by atoms with Crippen LogP contribution in [0.5, 0.6) is 0 Å². The first-order valence-electron chi connectivity index (χ1n) is 8.34. The highest BCUT2D eigenvalue weighted by atomic mass is 35.5. The van der Waals surface area contributed by atoms with E-state index < -0.39 is 0 Å². The predicted octanol–water partition coefficient (Wildman–Crippen LogP) is 2.38. The van der Waals surface area contributed by atoms with Gasteiger partial charge < -0.3 is 10.2 Å². The minimum atomic E-state index is -0.357. The molecule has 0 radical (unpaired) electrons. The number of fused-ring (bicyclic) bond motifs is 1. The minimum absolute atomic E-state index is 0.0192. The lowest BCUT2D eigenvalue weighted by molar-refractivity contribution is -0.908. The molecule has 1 aliphatic rings. The minimum Gasteiger partial charge on any atom is -0.324 e. The van der Waals surface area contributed by atoms with Crippen LogP contribution in [0.2, 0.25) is 10.0 Å². The van der Waals surface area contributed by atoms with Crippen LogP contribution in [0.3, 0.4) is 0 Å². The number of carbonyl (C=O) groups is 2. The van der Waals surface area contributed by atoms with Gasteiger partial charge in [0.2, 0.25) is 5.91 Å². The summed E-state index contributed by atoms with van der Waals surface area (Å²) in [5.41, 5.74) is 2.26. The lowest BCUT2D eigenvalue weighted by atomic mass is 10.1. The van der Waals surface area contributed by atoms with Crippen LogP contribution in [0.25, 0.3) is 0 Å². The van der Waals surface area contributed by atoms with Gasteiger partial charge in [-0.25, -0.2) is 0 Å². The number of nitrogens with zero attached hydrogens (tertiary/aromatic N) is 1. The van der Waals surface area contributed by atoms with Gasteiger partial charge in [0.05, 0.1) is 28.5 Å². The molecule has 26 heavy (non-hydrogen) atoms. The molecule has 0 spiro atoms. The van der Waals surface area contributed by atoms with Crippen molar-refractivity contribution in [2.45, 2.75) is 19.5 Å². The molecule has 0 saturated carbocycles. The number of halogens is 2. The highest BCUT2D eigenvalue weighted by Crippen LogP contribution is 2.29. The molecule has 2 aromatic carbocycles. The number of carbonyl (C=O) groups excluding carboxylic acids is 2. The molecule has 2 aromatic rings. The summed E-state index contributed by atoms with van der Waals surface area (Å²) < 4.78 is 0. The Bertz CT molecular complexity index is 856. The number of para-hydroxylation sites is 2. The predicted molar refractivity (Wildman–Crippen MR) is 104 cm³/mol. The summed E-state index contributed by atoms with van der Waals surface area (Å²) in [6, 6.07) is 12.4. The SMILES string of the molecule is C[C@@H](C(=O)N1CC(=O)Nc2ccccc21)[NH+](C)Cc1cccc(Cl)c1Cl. The van der Waals surface area contributed by atoms with E-state index in [1.807, 2.05) is 44.3 Å². The van der Waals surface area contributed by atoms with Gasteiger partial charge in [-0.15, -0.1) is 0 Å². The Balaban J connectivity index is 1.79. The fourth-order valence-electron chi connectivity index (χ4n) is 3.01. The van der Waals surface area contributed by atoms with E-state index in [-0.39, 0.29) is 24.4 Å². The van der Waals surface area contributed by atoms with Crippen LogP contribution in [0, 0.1) is 0 Å². The summed E-state index contributed by atoms with van der Waals surface area (Å²) in [6.07, 6.45) is 0. The smallest absolute Gasteiger partial charge is 0.285 e. The van der Waals surface area contributed by atoms with E-state index in [0.29, 0.717) is 22.3 Å². The number of nitrogens with one attached hydrogen (secondary N) is 2. The molecule has 136 valence electrons. The Morgan fingerprint density at radius 1 is 1.23 bits per heavy atom. The highest BCUT2D eigenvalue weighted by Gasteiger charge is 2.33. The van der Waals surface area contributed by atoms with E-state index in [4.69, 9.17) is 23.2 Å². The first-order chi connectivity index (χ1) is 12.4. The maximum Gasteiger partial charge on any atom is 0.285 e. The number of amides is 2. The normalized spacial score (nSPS) is 15.8. The molecule has 5 nitrogen and oxygen atoms in total.